The summed E-state index contributed by atoms with van der Waals surface area (Å²) >= 11 is 0. The first-order chi connectivity index (χ1) is 13.3. The summed E-state index contributed by atoms with van der Waals surface area (Å²) in [4.78, 5) is 14.6. The van der Waals surface area contributed by atoms with Crippen LogP contribution in [-0.4, -0.2) is 33.7 Å². The molecule has 0 aliphatic carbocycles. The van der Waals surface area contributed by atoms with E-state index < -0.39 is 10.0 Å². The van der Waals surface area contributed by atoms with Crippen molar-refractivity contribution in [2.45, 2.75) is 39.5 Å². The quantitative estimate of drug-likeness (QED) is 0.740. The highest BCUT2D eigenvalue weighted by molar-refractivity contribution is 7.92. The molecule has 0 unspecified atom stereocenters. The van der Waals surface area contributed by atoms with E-state index in [0.717, 1.165) is 36.2 Å². The normalized spacial score (nSPS) is 13.9. The second-order valence-electron chi connectivity index (χ2n) is 7.48. The molecule has 1 aliphatic rings. The van der Waals surface area contributed by atoms with Gasteiger partial charge >= 0.3 is 0 Å². The van der Waals surface area contributed by atoms with Crippen LogP contribution < -0.4 is 9.21 Å². The Kier molecular flexibility index (Phi) is 6.08. The van der Waals surface area contributed by atoms with E-state index in [1.54, 1.807) is 0 Å². The van der Waals surface area contributed by atoms with Crippen molar-refractivity contribution in [1.82, 2.24) is 0 Å². The predicted octanol–water partition coefficient (Wildman–Crippen LogP) is 3.83. The Morgan fingerprint density at radius 3 is 2.57 bits per heavy atom. The number of nitrogens with zero attached hydrogens (tertiary/aromatic N) is 2. The monoisotopic (exact) mass is 400 g/mol. The number of aryl methyl sites for hydroxylation is 3. The number of anilines is 2. The summed E-state index contributed by atoms with van der Waals surface area (Å²) in [5.41, 5.74) is 5.02. The average Bonchev–Trinajstić information content (AvgIpc) is 2.66. The minimum absolute atomic E-state index is 0.0562. The largest absolute Gasteiger partial charge is 0.312 e. The van der Waals surface area contributed by atoms with Gasteiger partial charge in [0.25, 0.3) is 0 Å². The summed E-state index contributed by atoms with van der Waals surface area (Å²) in [7, 11) is -3.41. The second-order valence-corrected chi connectivity index (χ2v) is 9.39. The lowest BCUT2D eigenvalue weighted by Crippen LogP contribution is -2.36. The van der Waals surface area contributed by atoms with Crippen molar-refractivity contribution in [3.63, 3.8) is 0 Å². The van der Waals surface area contributed by atoms with E-state index >= 15 is 0 Å². The van der Waals surface area contributed by atoms with Crippen molar-refractivity contribution in [3.05, 3.63) is 59.2 Å². The van der Waals surface area contributed by atoms with Crippen LogP contribution in [0, 0.1) is 13.8 Å². The van der Waals surface area contributed by atoms with Gasteiger partial charge in [-0.3, -0.25) is 9.10 Å². The summed E-state index contributed by atoms with van der Waals surface area (Å²) in [6, 6.07) is 13.7. The third-order valence-electron chi connectivity index (χ3n) is 5.34. The Hall–Kier alpha value is -2.34. The highest BCUT2D eigenvalue weighted by Gasteiger charge is 2.23. The molecule has 6 heteroatoms. The molecule has 28 heavy (non-hydrogen) atoms. The van der Waals surface area contributed by atoms with Gasteiger partial charge in [0, 0.05) is 25.2 Å². The molecule has 0 radical (unpaired) electrons. The third-order valence-corrected chi connectivity index (χ3v) is 6.54. The lowest BCUT2D eigenvalue weighted by Gasteiger charge is -2.30. The van der Waals surface area contributed by atoms with E-state index in [-0.39, 0.29) is 5.91 Å². The molecule has 5 nitrogen and oxygen atoms in total. The van der Waals surface area contributed by atoms with E-state index in [1.807, 2.05) is 55.1 Å². The fourth-order valence-corrected chi connectivity index (χ4v) is 4.63. The van der Waals surface area contributed by atoms with Crippen LogP contribution in [0.25, 0.3) is 0 Å². The fraction of sp³-hybridized carbons (Fsp3) is 0.409. The number of carbonyl (C=O) groups excluding carboxylic acids is 1. The highest BCUT2D eigenvalue weighted by Crippen LogP contribution is 2.28. The summed E-state index contributed by atoms with van der Waals surface area (Å²) in [6.07, 6.45) is 3.98. The van der Waals surface area contributed by atoms with Crippen molar-refractivity contribution in [1.29, 1.82) is 0 Å². The van der Waals surface area contributed by atoms with Gasteiger partial charge < -0.3 is 4.90 Å². The Balaban J connectivity index is 1.68. The number of carbonyl (C=O) groups is 1. The molecule has 0 spiro atoms. The average molecular weight is 401 g/mol. The van der Waals surface area contributed by atoms with Crippen molar-refractivity contribution >= 4 is 27.3 Å². The first-order valence-corrected chi connectivity index (χ1v) is 11.6. The number of rotatable bonds is 6. The molecule has 0 fully saturated rings. The molecule has 150 valence electrons. The molecule has 1 amide bonds. The van der Waals surface area contributed by atoms with Crippen LogP contribution in [0.5, 0.6) is 0 Å². The maximum absolute atomic E-state index is 12.8. The Morgan fingerprint density at radius 2 is 1.86 bits per heavy atom. The predicted molar refractivity (Wildman–Crippen MR) is 114 cm³/mol. The lowest BCUT2D eigenvalue weighted by atomic mass is 10.0. The van der Waals surface area contributed by atoms with Gasteiger partial charge in [-0.15, -0.1) is 0 Å². The SMILES string of the molecule is Cc1ccc(N(CCCC(=O)N2CCCc3ccccc32)S(C)(=O)=O)cc1C. The van der Waals surface area contributed by atoms with Gasteiger partial charge in [-0.25, -0.2) is 8.42 Å². The minimum atomic E-state index is -3.41. The van der Waals surface area contributed by atoms with E-state index in [9.17, 15) is 13.2 Å². The van der Waals surface area contributed by atoms with Gasteiger partial charge in [0.2, 0.25) is 15.9 Å². The van der Waals surface area contributed by atoms with Crippen molar-refractivity contribution in [2.24, 2.45) is 0 Å². The van der Waals surface area contributed by atoms with Crippen LogP contribution in [-0.2, 0) is 21.2 Å². The fourth-order valence-electron chi connectivity index (χ4n) is 3.67. The second kappa shape index (κ2) is 8.35. The number of hydrogen-bond acceptors (Lipinski definition) is 3. The minimum Gasteiger partial charge on any atom is -0.312 e. The Labute approximate surface area is 168 Å². The lowest BCUT2D eigenvalue weighted by molar-refractivity contribution is -0.118. The first-order valence-electron chi connectivity index (χ1n) is 9.70. The van der Waals surface area contributed by atoms with Crippen LogP contribution in [0.3, 0.4) is 0 Å². The molecular weight excluding hydrogens is 372 g/mol. The van der Waals surface area contributed by atoms with Crippen molar-refractivity contribution < 1.29 is 13.2 Å². The maximum atomic E-state index is 12.8. The van der Waals surface area contributed by atoms with E-state index in [0.29, 0.717) is 25.1 Å². The zero-order valence-electron chi connectivity index (χ0n) is 16.8. The van der Waals surface area contributed by atoms with Gasteiger partial charge in [-0.2, -0.15) is 0 Å². The standard InChI is InChI=1S/C22H28N2O3S/c1-17-12-13-20(16-18(17)2)24(28(3,26)27)15-7-11-22(25)23-14-6-9-19-8-4-5-10-21(19)23/h4-5,8,10,12-13,16H,6-7,9,11,14-15H2,1-3H3. The van der Waals surface area contributed by atoms with Gasteiger partial charge in [-0.1, -0.05) is 24.3 Å². The van der Waals surface area contributed by atoms with Crippen molar-refractivity contribution in [3.8, 4) is 0 Å². The molecule has 1 heterocycles. The van der Waals surface area contributed by atoms with Crippen LogP contribution in [0.4, 0.5) is 11.4 Å². The molecule has 1 aliphatic heterocycles. The first kappa shape index (κ1) is 20.4. The number of sulfonamides is 1. The third kappa shape index (κ3) is 4.55. The maximum Gasteiger partial charge on any atom is 0.232 e. The number of amides is 1. The summed E-state index contributed by atoms with van der Waals surface area (Å²) in [5, 5.41) is 0. The molecular formula is C22H28N2O3S. The van der Waals surface area contributed by atoms with Crippen LogP contribution >= 0.6 is 0 Å². The van der Waals surface area contributed by atoms with Crippen LogP contribution in [0.1, 0.15) is 36.0 Å². The molecule has 0 aromatic heterocycles. The Bertz CT molecular complexity index is 969. The molecule has 2 aromatic carbocycles. The molecule has 0 saturated carbocycles. The molecule has 3 rings (SSSR count). The molecule has 2 aromatic rings. The van der Waals surface area contributed by atoms with E-state index in [4.69, 9.17) is 0 Å². The Morgan fingerprint density at radius 1 is 1.11 bits per heavy atom. The number of para-hydroxylation sites is 1. The number of hydrogen-bond donors (Lipinski definition) is 0. The smallest absolute Gasteiger partial charge is 0.232 e. The highest BCUT2D eigenvalue weighted by atomic mass is 32.2. The summed E-state index contributed by atoms with van der Waals surface area (Å²) in [6.45, 7) is 4.99. The molecule has 0 N–H and O–H groups in total. The number of fused-ring (bicyclic) bond motifs is 1. The van der Waals surface area contributed by atoms with Gasteiger partial charge in [0.1, 0.15) is 0 Å². The summed E-state index contributed by atoms with van der Waals surface area (Å²) < 4.78 is 26.0. The molecule has 0 atom stereocenters. The van der Waals surface area contributed by atoms with E-state index in [1.165, 1.54) is 16.1 Å². The zero-order chi connectivity index (χ0) is 20.3. The van der Waals surface area contributed by atoms with Crippen molar-refractivity contribution in [2.75, 3.05) is 28.6 Å². The van der Waals surface area contributed by atoms with Crippen LogP contribution in [0.15, 0.2) is 42.5 Å². The molecule has 0 bridgehead atoms. The van der Waals surface area contributed by atoms with Gasteiger partial charge in [0.15, 0.2) is 0 Å². The number of benzene rings is 2. The summed E-state index contributed by atoms with van der Waals surface area (Å²) in [5.74, 6) is 0.0562. The zero-order valence-corrected chi connectivity index (χ0v) is 17.6. The van der Waals surface area contributed by atoms with Gasteiger partial charge in [0.05, 0.1) is 11.9 Å². The van der Waals surface area contributed by atoms with Crippen LogP contribution in [0.2, 0.25) is 0 Å². The molecule has 0 saturated heterocycles. The van der Waals surface area contributed by atoms with E-state index in [2.05, 4.69) is 6.07 Å². The van der Waals surface area contributed by atoms with Gasteiger partial charge in [-0.05, 0) is 68.0 Å². The topological polar surface area (TPSA) is 57.7 Å².